The molecule has 0 amide bonds. The molecule has 434 valence electrons. The molecule has 0 radical (unpaired) electrons. The van der Waals surface area contributed by atoms with Crippen LogP contribution >= 0.6 is 0 Å². The summed E-state index contributed by atoms with van der Waals surface area (Å²) < 4.78 is 10.7. The van der Waals surface area contributed by atoms with Crippen molar-refractivity contribution < 1.29 is 24.2 Å². The molecule has 0 spiro atoms. The molecule has 0 saturated heterocycles. The Bertz CT molecular complexity index is 1520. The third-order valence-electron chi connectivity index (χ3n) is 13.8. The van der Waals surface area contributed by atoms with Crippen LogP contribution in [0.3, 0.4) is 0 Å². The Morgan fingerprint density at radius 1 is 0.303 bits per heavy atom. The lowest BCUT2D eigenvalue weighted by atomic mass is 10.0. The normalized spacial score (nSPS) is 13.0. The average Bonchev–Trinajstić information content (AvgIpc) is 3.42. The highest BCUT2D eigenvalue weighted by atomic mass is 16.6. The minimum Gasteiger partial charge on any atom is -0.462 e. The first kappa shape index (κ1) is 72.3. The van der Waals surface area contributed by atoms with Crippen LogP contribution in [-0.2, 0) is 19.1 Å². The lowest BCUT2D eigenvalue weighted by Gasteiger charge is -2.15. The van der Waals surface area contributed by atoms with Crippen LogP contribution in [0.5, 0.6) is 0 Å². The molecule has 0 rings (SSSR count). The molecule has 1 unspecified atom stereocenters. The predicted octanol–water partition coefficient (Wildman–Crippen LogP) is 22.2. The van der Waals surface area contributed by atoms with E-state index >= 15 is 0 Å². The number of hydrogen-bond donors (Lipinski definition) is 1. The highest BCUT2D eigenvalue weighted by Crippen LogP contribution is 2.17. The van der Waals surface area contributed by atoms with Crippen molar-refractivity contribution >= 4 is 11.9 Å². The second kappa shape index (κ2) is 65.6. The number of esters is 2. The second-order valence-corrected chi connectivity index (χ2v) is 21.1. The van der Waals surface area contributed by atoms with Gasteiger partial charge in [0.05, 0.1) is 6.61 Å². The number of rotatable bonds is 58. The fourth-order valence-corrected chi connectivity index (χ4v) is 9.02. The molecule has 0 aromatic rings. The Kier molecular flexibility index (Phi) is 62.4. The van der Waals surface area contributed by atoms with E-state index < -0.39 is 6.10 Å². The monoisotopic (exact) mass is 1050 g/mol. The number of aliphatic hydroxyl groups excluding tert-OH is 1. The van der Waals surface area contributed by atoms with Crippen LogP contribution in [0.1, 0.15) is 296 Å². The fourth-order valence-electron chi connectivity index (χ4n) is 9.02. The SMILES string of the molecule is CC/C=C\C/C=C\C/C=C\C/C=C\C/C=C\C/C=C\CCCCCCCCCCCCC(=O)OC(CO)COC(=O)CCCCCCCCCCCCCCCCCCCCCC/C=C\C/C=C\C/C=C\C/C=C\CC. The molecule has 0 fully saturated rings. The summed E-state index contributed by atoms with van der Waals surface area (Å²) >= 11 is 0. The van der Waals surface area contributed by atoms with Crippen LogP contribution in [0.25, 0.3) is 0 Å². The molecule has 5 heteroatoms. The highest BCUT2D eigenvalue weighted by Gasteiger charge is 2.16. The number of allylic oxidation sites excluding steroid dienone is 20. The zero-order chi connectivity index (χ0) is 54.8. The molecule has 0 bridgehead atoms. The van der Waals surface area contributed by atoms with E-state index in [-0.39, 0.29) is 25.2 Å². The van der Waals surface area contributed by atoms with Crippen LogP contribution < -0.4 is 0 Å². The van der Waals surface area contributed by atoms with Gasteiger partial charge in [0.2, 0.25) is 0 Å². The van der Waals surface area contributed by atoms with Gasteiger partial charge >= 0.3 is 11.9 Å². The van der Waals surface area contributed by atoms with E-state index in [1.54, 1.807) is 0 Å². The Balaban J connectivity index is 3.48. The fraction of sp³-hybridized carbons (Fsp3) is 0.690. The molecular formula is C71H120O5. The molecule has 0 aliphatic carbocycles. The maximum Gasteiger partial charge on any atom is 0.306 e. The number of unbranched alkanes of at least 4 members (excludes halogenated alkanes) is 30. The molecule has 76 heavy (non-hydrogen) atoms. The van der Waals surface area contributed by atoms with Gasteiger partial charge in [0.1, 0.15) is 6.61 Å². The summed E-state index contributed by atoms with van der Waals surface area (Å²) in [6, 6.07) is 0. The van der Waals surface area contributed by atoms with E-state index in [1.165, 1.54) is 167 Å². The molecule has 1 atom stereocenters. The second-order valence-electron chi connectivity index (χ2n) is 21.1. The van der Waals surface area contributed by atoms with Crippen molar-refractivity contribution in [2.24, 2.45) is 0 Å². The number of ether oxygens (including phenoxy) is 2. The van der Waals surface area contributed by atoms with Crippen molar-refractivity contribution in [2.75, 3.05) is 13.2 Å². The van der Waals surface area contributed by atoms with Gasteiger partial charge in [-0.25, -0.2) is 0 Å². The van der Waals surface area contributed by atoms with Crippen LogP contribution in [0.15, 0.2) is 122 Å². The van der Waals surface area contributed by atoms with Crippen LogP contribution in [0.2, 0.25) is 0 Å². The summed E-state index contributed by atoms with van der Waals surface area (Å²) in [6.07, 6.45) is 96.3. The first-order valence-corrected chi connectivity index (χ1v) is 32.1. The first-order chi connectivity index (χ1) is 37.6. The zero-order valence-corrected chi connectivity index (χ0v) is 49.7. The maximum absolute atomic E-state index is 12.3. The van der Waals surface area contributed by atoms with Crippen LogP contribution in [0, 0.1) is 0 Å². The van der Waals surface area contributed by atoms with E-state index in [2.05, 4.69) is 135 Å². The Hall–Kier alpha value is -3.70. The molecule has 1 N–H and O–H groups in total. The standard InChI is InChI=1S/C71H120O5/c1-3-5-7-9-11-13-15-17-19-21-23-25-27-29-31-33-34-35-36-38-39-41-43-45-47-49-51-53-55-57-59-61-63-65-70(73)75-68-69(67-72)76-71(74)66-64-62-60-58-56-54-52-50-48-46-44-42-40-37-32-30-28-26-24-22-20-18-16-14-12-10-8-6-4-2/h5-8,11-14,17-20,23-26,30,32,40,42,69,72H,3-4,9-10,15-16,21-22,27-29,31,33-39,41,43-68H2,1-2H3/b7-5-,8-6-,13-11-,14-12-,19-17-,20-18-,25-23-,26-24-,32-30-,42-40-. The van der Waals surface area contributed by atoms with E-state index in [9.17, 15) is 14.7 Å². The summed E-state index contributed by atoms with van der Waals surface area (Å²) in [6.45, 7) is 3.93. The largest absolute Gasteiger partial charge is 0.462 e. The Labute approximate surface area is 471 Å². The van der Waals surface area contributed by atoms with Gasteiger partial charge < -0.3 is 14.6 Å². The highest BCUT2D eigenvalue weighted by molar-refractivity contribution is 5.70. The molecule has 0 heterocycles. The minimum atomic E-state index is -0.782. The van der Waals surface area contributed by atoms with Gasteiger partial charge in [0, 0.05) is 12.8 Å². The minimum absolute atomic E-state index is 0.0706. The first-order valence-electron chi connectivity index (χ1n) is 32.1. The van der Waals surface area contributed by atoms with E-state index in [4.69, 9.17) is 9.47 Å². The average molecular weight is 1050 g/mol. The number of carbonyl (C=O) groups is 2. The number of aliphatic hydroxyl groups is 1. The van der Waals surface area contributed by atoms with Crippen molar-refractivity contribution in [2.45, 2.75) is 302 Å². The maximum atomic E-state index is 12.3. The van der Waals surface area contributed by atoms with E-state index in [0.29, 0.717) is 12.8 Å². The number of carbonyl (C=O) groups excluding carboxylic acids is 2. The molecule has 0 aliphatic heterocycles. The lowest BCUT2D eigenvalue weighted by Crippen LogP contribution is -2.28. The molecule has 0 aromatic heterocycles. The predicted molar refractivity (Wildman–Crippen MR) is 334 cm³/mol. The van der Waals surface area contributed by atoms with Gasteiger partial charge in [-0.2, -0.15) is 0 Å². The zero-order valence-electron chi connectivity index (χ0n) is 49.7. The van der Waals surface area contributed by atoms with Gasteiger partial charge in [0.25, 0.3) is 0 Å². The summed E-state index contributed by atoms with van der Waals surface area (Å²) in [4.78, 5) is 24.6. The molecule has 0 saturated carbocycles. The Morgan fingerprint density at radius 3 is 0.789 bits per heavy atom. The van der Waals surface area contributed by atoms with E-state index in [1.807, 2.05) is 0 Å². The summed E-state index contributed by atoms with van der Waals surface area (Å²) in [5.74, 6) is -0.590. The van der Waals surface area contributed by atoms with Crippen LogP contribution in [0.4, 0.5) is 0 Å². The third kappa shape index (κ3) is 62.8. The van der Waals surface area contributed by atoms with Crippen molar-refractivity contribution in [3.05, 3.63) is 122 Å². The lowest BCUT2D eigenvalue weighted by molar-refractivity contribution is -0.161. The number of hydrogen-bond acceptors (Lipinski definition) is 5. The summed E-state index contributed by atoms with van der Waals surface area (Å²) in [7, 11) is 0. The van der Waals surface area contributed by atoms with Crippen LogP contribution in [-0.4, -0.2) is 36.4 Å². The quantitative estimate of drug-likeness (QED) is 0.0373. The van der Waals surface area contributed by atoms with Crippen molar-refractivity contribution in [1.29, 1.82) is 0 Å². The van der Waals surface area contributed by atoms with Gasteiger partial charge in [-0.05, 0) is 103 Å². The molecular weight excluding hydrogens is 933 g/mol. The van der Waals surface area contributed by atoms with Crippen molar-refractivity contribution in [3.63, 3.8) is 0 Å². The third-order valence-corrected chi connectivity index (χ3v) is 13.8. The van der Waals surface area contributed by atoms with Gasteiger partial charge in [-0.1, -0.05) is 302 Å². The smallest absolute Gasteiger partial charge is 0.306 e. The summed E-state index contributed by atoms with van der Waals surface area (Å²) in [5, 5.41) is 9.69. The van der Waals surface area contributed by atoms with Gasteiger partial charge in [-0.3, -0.25) is 9.59 Å². The molecule has 5 nitrogen and oxygen atoms in total. The van der Waals surface area contributed by atoms with Gasteiger partial charge in [-0.15, -0.1) is 0 Å². The molecule has 0 aromatic carbocycles. The Morgan fingerprint density at radius 2 is 0.526 bits per heavy atom. The van der Waals surface area contributed by atoms with Gasteiger partial charge in [0.15, 0.2) is 6.10 Å². The van der Waals surface area contributed by atoms with E-state index in [0.717, 1.165) is 103 Å². The summed E-state index contributed by atoms with van der Waals surface area (Å²) in [5.41, 5.74) is 0. The van der Waals surface area contributed by atoms with Crippen molar-refractivity contribution in [1.82, 2.24) is 0 Å². The molecule has 0 aliphatic rings. The topological polar surface area (TPSA) is 72.8 Å². The van der Waals surface area contributed by atoms with Crippen molar-refractivity contribution in [3.8, 4) is 0 Å².